The molecular weight excluding hydrogens is 424 g/mol. The molecule has 0 aliphatic heterocycles. The molecule has 0 spiro atoms. The van der Waals surface area contributed by atoms with Crippen LogP contribution in [0.5, 0.6) is 5.75 Å². The van der Waals surface area contributed by atoms with E-state index in [9.17, 15) is 4.79 Å². The lowest BCUT2D eigenvalue weighted by Crippen LogP contribution is -2.28. The van der Waals surface area contributed by atoms with Crippen LogP contribution >= 0.6 is 0 Å². The molecule has 1 atom stereocenters. The molecule has 0 bridgehead atoms. The number of hydrogen-bond donors (Lipinski definition) is 0. The molecule has 3 aromatic rings. The summed E-state index contributed by atoms with van der Waals surface area (Å²) in [5.74, 6) is 1.58. The first-order valence-electron chi connectivity index (χ1n) is 12.3. The number of unbranched alkanes of at least 4 members (excludes halogenated alkanes) is 1. The molecular formula is C29H36N2O3. The van der Waals surface area contributed by atoms with Gasteiger partial charge in [0.25, 0.3) is 0 Å². The molecule has 0 radical (unpaired) electrons. The Morgan fingerprint density at radius 3 is 2.38 bits per heavy atom. The number of benzene rings is 2. The molecule has 0 saturated heterocycles. The molecule has 180 valence electrons. The maximum absolute atomic E-state index is 12.3. The van der Waals surface area contributed by atoms with E-state index in [0.717, 1.165) is 49.5 Å². The Balaban J connectivity index is 1.56. The minimum Gasteiger partial charge on any atom is -0.492 e. The molecule has 1 unspecified atom stereocenters. The molecule has 0 aliphatic carbocycles. The topological polar surface area (TPSA) is 51.7 Å². The second-order valence-electron chi connectivity index (χ2n) is 8.38. The highest BCUT2D eigenvalue weighted by Gasteiger charge is 2.19. The van der Waals surface area contributed by atoms with Crippen molar-refractivity contribution in [2.45, 2.75) is 46.1 Å². The molecule has 0 amide bonds. The van der Waals surface area contributed by atoms with E-state index in [1.165, 1.54) is 5.56 Å². The first-order valence-corrected chi connectivity index (χ1v) is 12.3. The highest BCUT2D eigenvalue weighted by Crippen LogP contribution is 2.20. The lowest BCUT2D eigenvalue weighted by atomic mass is 9.94. The molecule has 34 heavy (non-hydrogen) atoms. The fourth-order valence-corrected chi connectivity index (χ4v) is 3.91. The van der Waals surface area contributed by atoms with E-state index in [2.05, 4.69) is 41.1 Å². The van der Waals surface area contributed by atoms with Crippen molar-refractivity contribution in [3.05, 3.63) is 90.1 Å². The SMILES string of the molecule is CCCCC(Cc1ccc(OCCN(Cc2ccccc2)c2ccccn2)cc1)C(=O)OCC. The smallest absolute Gasteiger partial charge is 0.309 e. The zero-order valence-electron chi connectivity index (χ0n) is 20.4. The zero-order chi connectivity index (χ0) is 24.0. The van der Waals surface area contributed by atoms with Gasteiger partial charge in [-0.2, -0.15) is 0 Å². The second kappa shape index (κ2) is 14.0. The average molecular weight is 461 g/mol. The molecule has 0 aliphatic rings. The van der Waals surface area contributed by atoms with Crippen molar-refractivity contribution in [2.75, 3.05) is 24.7 Å². The highest BCUT2D eigenvalue weighted by molar-refractivity contribution is 5.72. The van der Waals surface area contributed by atoms with Crippen LogP contribution in [0.2, 0.25) is 0 Å². The predicted octanol–water partition coefficient (Wildman–Crippen LogP) is 6.08. The van der Waals surface area contributed by atoms with Gasteiger partial charge < -0.3 is 14.4 Å². The van der Waals surface area contributed by atoms with Crippen molar-refractivity contribution in [1.29, 1.82) is 0 Å². The molecule has 1 aromatic heterocycles. The molecule has 0 N–H and O–H groups in total. The summed E-state index contributed by atoms with van der Waals surface area (Å²) in [6.07, 6.45) is 5.47. The number of rotatable bonds is 14. The summed E-state index contributed by atoms with van der Waals surface area (Å²) in [6, 6.07) is 24.4. The summed E-state index contributed by atoms with van der Waals surface area (Å²) in [5, 5.41) is 0. The van der Waals surface area contributed by atoms with Gasteiger partial charge >= 0.3 is 5.97 Å². The Kier molecular flexibility index (Phi) is 10.4. The van der Waals surface area contributed by atoms with Gasteiger partial charge in [0.2, 0.25) is 0 Å². The van der Waals surface area contributed by atoms with E-state index >= 15 is 0 Å². The predicted molar refractivity (Wildman–Crippen MR) is 137 cm³/mol. The van der Waals surface area contributed by atoms with Crippen molar-refractivity contribution in [2.24, 2.45) is 5.92 Å². The molecule has 5 heteroatoms. The van der Waals surface area contributed by atoms with Crippen LogP contribution in [0.4, 0.5) is 5.82 Å². The Hall–Kier alpha value is -3.34. The van der Waals surface area contributed by atoms with Gasteiger partial charge in [0, 0.05) is 12.7 Å². The van der Waals surface area contributed by atoms with Gasteiger partial charge in [-0.1, -0.05) is 68.3 Å². The van der Waals surface area contributed by atoms with Crippen molar-refractivity contribution in [1.82, 2.24) is 4.98 Å². The monoisotopic (exact) mass is 460 g/mol. The Morgan fingerprint density at radius 2 is 1.71 bits per heavy atom. The highest BCUT2D eigenvalue weighted by atomic mass is 16.5. The van der Waals surface area contributed by atoms with Crippen LogP contribution in [0.3, 0.4) is 0 Å². The largest absolute Gasteiger partial charge is 0.492 e. The number of anilines is 1. The van der Waals surface area contributed by atoms with Crippen molar-refractivity contribution < 1.29 is 14.3 Å². The van der Waals surface area contributed by atoms with Gasteiger partial charge in [-0.3, -0.25) is 4.79 Å². The summed E-state index contributed by atoms with van der Waals surface area (Å²) in [5.41, 5.74) is 2.36. The third-order valence-corrected chi connectivity index (χ3v) is 5.75. The molecule has 0 fully saturated rings. The normalized spacial score (nSPS) is 11.6. The van der Waals surface area contributed by atoms with E-state index in [0.29, 0.717) is 19.6 Å². The maximum Gasteiger partial charge on any atom is 0.309 e. The van der Waals surface area contributed by atoms with Crippen LogP contribution in [-0.2, 0) is 22.5 Å². The molecule has 2 aromatic carbocycles. The quantitative estimate of drug-likeness (QED) is 0.273. The number of carbonyl (C=O) groups is 1. The molecule has 5 nitrogen and oxygen atoms in total. The number of pyridine rings is 1. The minimum atomic E-state index is -0.0932. The van der Waals surface area contributed by atoms with Gasteiger partial charge in [-0.25, -0.2) is 4.98 Å². The number of hydrogen-bond acceptors (Lipinski definition) is 5. The maximum atomic E-state index is 12.3. The van der Waals surface area contributed by atoms with E-state index < -0.39 is 0 Å². The van der Waals surface area contributed by atoms with Crippen LogP contribution in [0.15, 0.2) is 79.0 Å². The third-order valence-electron chi connectivity index (χ3n) is 5.75. The van der Waals surface area contributed by atoms with Crippen molar-refractivity contribution in [3.63, 3.8) is 0 Å². The minimum absolute atomic E-state index is 0.0865. The number of esters is 1. The summed E-state index contributed by atoms with van der Waals surface area (Å²) < 4.78 is 11.3. The number of ether oxygens (including phenoxy) is 2. The van der Waals surface area contributed by atoms with Crippen LogP contribution in [0, 0.1) is 5.92 Å². The van der Waals surface area contributed by atoms with Crippen LogP contribution in [0.25, 0.3) is 0 Å². The molecule has 0 saturated carbocycles. The van der Waals surface area contributed by atoms with E-state index in [1.54, 1.807) is 0 Å². The average Bonchev–Trinajstić information content (AvgIpc) is 2.88. The van der Waals surface area contributed by atoms with Gasteiger partial charge in [0.1, 0.15) is 18.2 Å². The Bertz CT molecular complexity index is 962. The number of nitrogens with zero attached hydrogens (tertiary/aromatic N) is 2. The van der Waals surface area contributed by atoms with Gasteiger partial charge in [0.15, 0.2) is 0 Å². The second-order valence-corrected chi connectivity index (χ2v) is 8.38. The summed E-state index contributed by atoms with van der Waals surface area (Å²) in [6.45, 7) is 6.46. The number of aromatic nitrogens is 1. The van der Waals surface area contributed by atoms with E-state index in [-0.39, 0.29) is 11.9 Å². The first kappa shape index (κ1) is 25.3. The van der Waals surface area contributed by atoms with E-state index in [1.807, 2.05) is 61.7 Å². The number of carbonyl (C=O) groups excluding carboxylic acids is 1. The van der Waals surface area contributed by atoms with Crippen LogP contribution < -0.4 is 9.64 Å². The van der Waals surface area contributed by atoms with E-state index in [4.69, 9.17) is 9.47 Å². The fourth-order valence-electron chi connectivity index (χ4n) is 3.91. The first-order chi connectivity index (χ1) is 16.7. The third kappa shape index (κ3) is 8.22. The van der Waals surface area contributed by atoms with Crippen molar-refractivity contribution >= 4 is 11.8 Å². The Labute approximate surface area is 203 Å². The lowest BCUT2D eigenvalue weighted by Gasteiger charge is -2.24. The summed E-state index contributed by atoms with van der Waals surface area (Å²) in [4.78, 5) is 19.1. The van der Waals surface area contributed by atoms with Crippen molar-refractivity contribution in [3.8, 4) is 5.75 Å². The van der Waals surface area contributed by atoms with Gasteiger partial charge in [-0.15, -0.1) is 0 Å². The van der Waals surface area contributed by atoms with Gasteiger partial charge in [-0.05, 0) is 55.2 Å². The zero-order valence-corrected chi connectivity index (χ0v) is 20.4. The van der Waals surface area contributed by atoms with Crippen LogP contribution in [-0.4, -0.2) is 30.7 Å². The summed E-state index contributed by atoms with van der Waals surface area (Å²) >= 11 is 0. The standard InChI is InChI=1S/C29H36N2O3/c1-3-5-13-26(29(32)33-4-2)22-24-15-17-27(18-16-24)34-21-20-31(28-14-9-10-19-30-28)23-25-11-7-6-8-12-25/h6-12,14-19,26H,3-5,13,20-23H2,1-2H3. The fraction of sp³-hybridized carbons (Fsp3) is 0.379. The van der Waals surface area contributed by atoms with Gasteiger partial charge in [0.05, 0.1) is 19.1 Å². The van der Waals surface area contributed by atoms with Crippen LogP contribution in [0.1, 0.15) is 44.2 Å². The molecule has 1 heterocycles. The lowest BCUT2D eigenvalue weighted by molar-refractivity contribution is -0.148. The Morgan fingerprint density at radius 1 is 0.941 bits per heavy atom. The molecule has 3 rings (SSSR count). The summed E-state index contributed by atoms with van der Waals surface area (Å²) in [7, 11) is 0.